The van der Waals surface area contributed by atoms with Gasteiger partial charge >= 0.3 is 12.1 Å². The zero-order valence-corrected chi connectivity index (χ0v) is 21.4. The molecule has 1 aliphatic carbocycles. The van der Waals surface area contributed by atoms with Crippen molar-refractivity contribution in [1.82, 2.24) is 10.6 Å². The van der Waals surface area contributed by atoms with Crippen LogP contribution >= 0.6 is 0 Å². The van der Waals surface area contributed by atoms with Crippen LogP contribution in [-0.4, -0.2) is 47.9 Å². The van der Waals surface area contributed by atoms with Gasteiger partial charge in [0, 0.05) is 5.92 Å². The van der Waals surface area contributed by atoms with E-state index in [0.29, 0.717) is 0 Å². The number of fused-ring (bicyclic) bond motifs is 3. The van der Waals surface area contributed by atoms with Crippen LogP contribution in [0.5, 0.6) is 0 Å². The smallest absolute Gasteiger partial charge is 0.407 e. The second-order valence-corrected chi connectivity index (χ2v) is 9.26. The van der Waals surface area contributed by atoms with Crippen LogP contribution < -0.4 is 10.6 Å². The maximum Gasteiger partial charge on any atom is 0.407 e. The van der Waals surface area contributed by atoms with Crippen LogP contribution in [0.1, 0.15) is 42.9 Å². The van der Waals surface area contributed by atoms with Crippen molar-refractivity contribution >= 4 is 18.0 Å². The quantitative estimate of drug-likeness (QED) is 0.346. The molecule has 0 heterocycles. The highest BCUT2D eigenvalue weighted by Gasteiger charge is 2.33. The van der Waals surface area contributed by atoms with E-state index < -0.39 is 36.2 Å². The fourth-order valence-electron chi connectivity index (χ4n) is 4.66. The molecule has 38 heavy (non-hydrogen) atoms. The number of amides is 2. The summed E-state index contributed by atoms with van der Waals surface area (Å²) in [7, 11) is 0. The Hall–Kier alpha value is -4.17. The summed E-state index contributed by atoms with van der Waals surface area (Å²) in [4.78, 5) is 37.5. The first-order chi connectivity index (χ1) is 18.4. The lowest BCUT2D eigenvalue weighted by Crippen LogP contribution is -2.56. The molecule has 2 amide bonds. The minimum Gasteiger partial charge on any atom is -0.480 e. The number of alkyl carbamates (subject to hydrolysis) is 1. The molecular formula is C30H32N2O6. The number of hydrogen-bond acceptors (Lipinski definition) is 5. The second-order valence-electron chi connectivity index (χ2n) is 9.26. The van der Waals surface area contributed by atoms with Crippen LogP contribution in [0.4, 0.5) is 4.79 Å². The molecule has 0 saturated heterocycles. The zero-order chi connectivity index (χ0) is 27.1. The Morgan fingerprint density at radius 1 is 0.868 bits per heavy atom. The molecule has 0 radical (unpaired) electrons. The highest BCUT2D eigenvalue weighted by molar-refractivity contribution is 5.89. The first kappa shape index (κ1) is 26.9. The van der Waals surface area contributed by atoms with Crippen LogP contribution in [0.15, 0.2) is 78.9 Å². The van der Waals surface area contributed by atoms with Crippen molar-refractivity contribution in [3.8, 4) is 11.1 Å². The molecule has 4 rings (SSSR count). The van der Waals surface area contributed by atoms with E-state index in [-0.39, 0.29) is 25.6 Å². The van der Waals surface area contributed by atoms with Crippen molar-refractivity contribution in [3.05, 3.63) is 95.6 Å². The number of nitrogens with one attached hydrogen (secondary N) is 2. The summed E-state index contributed by atoms with van der Waals surface area (Å²) in [5.41, 5.74) is 5.26. The number of carboxylic acid groups (broad SMARTS) is 1. The molecule has 3 N–H and O–H groups in total. The summed E-state index contributed by atoms with van der Waals surface area (Å²) in [6, 6.07) is 23.2. The Morgan fingerprint density at radius 2 is 1.45 bits per heavy atom. The van der Waals surface area contributed by atoms with Crippen LogP contribution in [0.2, 0.25) is 0 Å². The second kappa shape index (κ2) is 12.4. The Bertz CT molecular complexity index is 1230. The van der Waals surface area contributed by atoms with Crippen molar-refractivity contribution in [1.29, 1.82) is 0 Å². The number of aliphatic carboxylic acids is 1. The molecule has 0 saturated carbocycles. The van der Waals surface area contributed by atoms with Crippen molar-refractivity contribution in [2.45, 2.75) is 51.0 Å². The van der Waals surface area contributed by atoms with Gasteiger partial charge in [-0.05, 0) is 41.2 Å². The van der Waals surface area contributed by atoms with Gasteiger partial charge in [-0.1, -0.05) is 85.8 Å². The molecule has 8 nitrogen and oxygen atoms in total. The van der Waals surface area contributed by atoms with Crippen LogP contribution in [-0.2, 0) is 25.7 Å². The van der Waals surface area contributed by atoms with Gasteiger partial charge in [0.2, 0.25) is 5.91 Å². The summed E-state index contributed by atoms with van der Waals surface area (Å²) in [5.74, 6) is -1.95. The summed E-state index contributed by atoms with van der Waals surface area (Å²) < 4.78 is 11.5. The maximum atomic E-state index is 13.1. The first-order valence-electron chi connectivity index (χ1n) is 12.7. The molecule has 0 fully saturated rings. The normalized spacial score (nSPS) is 14.5. The third kappa shape index (κ3) is 6.20. The molecule has 8 heteroatoms. The van der Waals surface area contributed by atoms with E-state index in [0.717, 1.165) is 27.8 Å². The third-order valence-electron chi connectivity index (χ3n) is 6.75. The molecule has 3 atom stereocenters. The average molecular weight is 517 g/mol. The SMILES string of the molecule is CC[C@@H](NC(=O)[C@H](NC(=O)OCC1c2ccccc2-c2ccccc21)[C@H](C)OCc1ccccc1)C(=O)O. The third-order valence-corrected chi connectivity index (χ3v) is 6.75. The van der Waals surface area contributed by atoms with E-state index in [1.54, 1.807) is 13.8 Å². The van der Waals surface area contributed by atoms with E-state index in [2.05, 4.69) is 10.6 Å². The Labute approximate surface area is 222 Å². The fraction of sp³-hybridized carbons (Fsp3) is 0.300. The van der Waals surface area contributed by atoms with Crippen molar-refractivity contribution < 1.29 is 29.0 Å². The minimum absolute atomic E-state index is 0.0835. The highest BCUT2D eigenvalue weighted by Crippen LogP contribution is 2.44. The molecule has 0 aliphatic heterocycles. The van der Waals surface area contributed by atoms with Crippen molar-refractivity contribution in [2.24, 2.45) is 0 Å². The van der Waals surface area contributed by atoms with E-state index >= 15 is 0 Å². The average Bonchev–Trinajstić information content (AvgIpc) is 3.26. The molecular weight excluding hydrogens is 484 g/mol. The molecule has 0 unspecified atom stereocenters. The molecule has 3 aromatic carbocycles. The summed E-state index contributed by atoms with van der Waals surface area (Å²) in [6.45, 7) is 3.61. The van der Waals surface area contributed by atoms with Gasteiger partial charge in [0.25, 0.3) is 0 Å². The molecule has 0 spiro atoms. The highest BCUT2D eigenvalue weighted by atomic mass is 16.5. The Morgan fingerprint density at radius 3 is 2.03 bits per heavy atom. The van der Waals surface area contributed by atoms with Gasteiger partial charge in [-0.2, -0.15) is 0 Å². The van der Waals surface area contributed by atoms with Crippen LogP contribution in [0, 0.1) is 0 Å². The maximum absolute atomic E-state index is 13.1. The van der Waals surface area contributed by atoms with Gasteiger partial charge in [0.1, 0.15) is 18.7 Å². The van der Waals surface area contributed by atoms with Crippen molar-refractivity contribution in [2.75, 3.05) is 6.61 Å². The Kier molecular flexibility index (Phi) is 8.76. The standard InChI is InChI=1S/C30H32N2O6/c1-3-26(29(34)35)31-28(33)27(19(2)37-17-20-11-5-4-6-12-20)32-30(36)38-18-25-23-15-9-7-13-21(23)22-14-8-10-16-24(22)25/h4-16,19,25-27H,3,17-18H2,1-2H3,(H,31,33)(H,32,36)(H,34,35)/t19-,26+,27+/m0/s1. The van der Waals surface area contributed by atoms with E-state index in [4.69, 9.17) is 9.47 Å². The Balaban J connectivity index is 1.45. The van der Waals surface area contributed by atoms with Crippen LogP contribution in [0.25, 0.3) is 11.1 Å². The first-order valence-corrected chi connectivity index (χ1v) is 12.7. The number of hydrogen-bond donors (Lipinski definition) is 3. The molecule has 0 bridgehead atoms. The number of carbonyl (C=O) groups is 3. The number of ether oxygens (including phenoxy) is 2. The fourth-order valence-corrected chi connectivity index (χ4v) is 4.66. The molecule has 1 aliphatic rings. The van der Waals surface area contributed by atoms with Gasteiger partial charge in [-0.15, -0.1) is 0 Å². The molecule has 198 valence electrons. The number of carboxylic acids is 1. The van der Waals surface area contributed by atoms with Gasteiger partial charge in [-0.3, -0.25) is 4.79 Å². The van der Waals surface area contributed by atoms with Gasteiger partial charge in [0.05, 0.1) is 12.7 Å². The molecule has 3 aromatic rings. The van der Waals surface area contributed by atoms with Gasteiger partial charge in [0.15, 0.2) is 0 Å². The van der Waals surface area contributed by atoms with E-state index in [9.17, 15) is 19.5 Å². The number of carbonyl (C=O) groups excluding carboxylic acids is 2. The lowest BCUT2D eigenvalue weighted by molar-refractivity contribution is -0.142. The topological polar surface area (TPSA) is 114 Å². The van der Waals surface area contributed by atoms with E-state index in [1.165, 1.54) is 0 Å². The monoisotopic (exact) mass is 516 g/mol. The minimum atomic E-state index is -1.16. The van der Waals surface area contributed by atoms with Crippen LogP contribution in [0.3, 0.4) is 0 Å². The summed E-state index contributed by atoms with van der Waals surface area (Å²) in [6.07, 6.45) is -1.36. The number of benzene rings is 3. The lowest BCUT2D eigenvalue weighted by Gasteiger charge is -2.26. The van der Waals surface area contributed by atoms with Gasteiger partial charge in [-0.25, -0.2) is 9.59 Å². The molecule has 0 aromatic heterocycles. The van der Waals surface area contributed by atoms with Gasteiger partial charge < -0.3 is 25.2 Å². The van der Waals surface area contributed by atoms with Crippen molar-refractivity contribution in [3.63, 3.8) is 0 Å². The predicted octanol–water partition coefficient (Wildman–Crippen LogP) is 4.48. The zero-order valence-electron chi connectivity index (χ0n) is 21.4. The largest absolute Gasteiger partial charge is 0.480 e. The lowest BCUT2D eigenvalue weighted by atomic mass is 9.98. The predicted molar refractivity (Wildman–Crippen MR) is 143 cm³/mol. The summed E-state index contributed by atoms with van der Waals surface area (Å²) in [5, 5.41) is 14.5. The summed E-state index contributed by atoms with van der Waals surface area (Å²) >= 11 is 0. The van der Waals surface area contributed by atoms with E-state index in [1.807, 2.05) is 78.9 Å². The number of rotatable bonds is 11.